The Morgan fingerprint density at radius 1 is 0.958 bits per heavy atom. The average molecular weight is 321 g/mol. The molecular weight excluding hydrogens is 305 g/mol. The van der Waals surface area contributed by atoms with Crippen LogP contribution in [0.5, 0.6) is 0 Å². The quantitative estimate of drug-likeness (QED) is 0.742. The number of anilines is 3. The largest absolute Gasteiger partial charge is 0.340 e. The second-order valence-corrected chi connectivity index (χ2v) is 5.36. The van der Waals surface area contributed by atoms with Crippen LogP contribution in [0.4, 0.5) is 21.6 Å². The third kappa shape index (κ3) is 3.76. The fraction of sp³-hybridized carbons (Fsp3) is 0.0526. The molecule has 0 unspecified atom stereocenters. The van der Waals surface area contributed by atoms with Crippen molar-refractivity contribution in [1.82, 2.24) is 4.98 Å². The molecule has 24 heavy (non-hydrogen) atoms. The second kappa shape index (κ2) is 6.91. The summed E-state index contributed by atoms with van der Waals surface area (Å²) in [7, 11) is 0. The number of amides is 1. The molecule has 1 aromatic heterocycles. The van der Waals surface area contributed by atoms with Gasteiger partial charge in [-0.3, -0.25) is 4.79 Å². The zero-order valence-electron chi connectivity index (χ0n) is 13.1. The van der Waals surface area contributed by atoms with Gasteiger partial charge in [-0.15, -0.1) is 0 Å². The predicted octanol–water partition coefficient (Wildman–Crippen LogP) is 4.53. The van der Waals surface area contributed by atoms with E-state index in [1.165, 1.54) is 23.9 Å². The molecule has 3 rings (SSSR count). The summed E-state index contributed by atoms with van der Waals surface area (Å²) >= 11 is 0. The highest BCUT2D eigenvalue weighted by atomic mass is 19.1. The Hall–Kier alpha value is -3.21. The van der Waals surface area contributed by atoms with Gasteiger partial charge in [-0.25, -0.2) is 9.37 Å². The van der Waals surface area contributed by atoms with E-state index in [0.29, 0.717) is 11.5 Å². The van der Waals surface area contributed by atoms with Gasteiger partial charge in [0.2, 0.25) is 0 Å². The molecule has 0 bridgehead atoms. The molecule has 0 aliphatic heterocycles. The molecule has 0 radical (unpaired) electrons. The summed E-state index contributed by atoms with van der Waals surface area (Å²) in [6.45, 7) is 2.02. The smallest absolute Gasteiger partial charge is 0.258 e. The van der Waals surface area contributed by atoms with Crippen molar-refractivity contribution in [2.75, 3.05) is 10.6 Å². The van der Waals surface area contributed by atoms with Crippen molar-refractivity contribution in [3.63, 3.8) is 0 Å². The molecule has 0 fully saturated rings. The highest BCUT2D eigenvalue weighted by Gasteiger charge is 2.11. The molecule has 4 nitrogen and oxygen atoms in total. The lowest BCUT2D eigenvalue weighted by Gasteiger charge is -2.08. The number of aromatic nitrogens is 1. The molecule has 0 atom stereocenters. The normalized spacial score (nSPS) is 10.2. The van der Waals surface area contributed by atoms with E-state index in [2.05, 4.69) is 15.6 Å². The van der Waals surface area contributed by atoms with E-state index in [0.717, 1.165) is 5.69 Å². The second-order valence-electron chi connectivity index (χ2n) is 5.36. The molecule has 1 heterocycles. The Balaban J connectivity index is 1.67. The van der Waals surface area contributed by atoms with Crippen molar-refractivity contribution in [2.45, 2.75) is 6.92 Å². The Morgan fingerprint density at radius 2 is 1.67 bits per heavy atom. The standard InChI is InChI=1S/C19H16FN3O/c1-13-6-8-14(9-7-13)22-18-11-10-15(12-21-18)23-19(24)16-4-2-3-5-17(16)20/h2-12H,1H3,(H,21,22)(H,23,24). The number of carbonyl (C=O) groups excluding carboxylic acids is 1. The summed E-state index contributed by atoms with van der Waals surface area (Å²) in [6, 6.07) is 17.2. The van der Waals surface area contributed by atoms with Gasteiger partial charge in [-0.05, 0) is 43.3 Å². The summed E-state index contributed by atoms with van der Waals surface area (Å²) in [5, 5.41) is 5.80. The minimum Gasteiger partial charge on any atom is -0.340 e. The van der Waals surface area contributed by atoms with Crippen LogP contribution in [0.3, 0.4) is 0 Å². The number of carbonyl (C=O) groups is 1. The van der Waals surface area contributed by atoms with Crippen molar-refractivity contribution >= 4 is 23.1 Å². The van der Waals surface area contributed by atoms with Gasteiger partial charge in [-0.1, -0.05) is 29.8 Å². The molecule has 0 spiro atoms. The molecule has 0 saturated heterocycles. The van der Waals surface area contributed by atoms with Crippen LogP contribution in [-0.4, -0.2) is 10.9 Å². The van der Waals surface area contributed by atoms with Crippen LogP contribution in [0.1, 0.15) is 15.9 Å². The molecule has 0 aliphatic carbocycles. The lowest BCUT2D eigenvalue weighted by atomic mass is 10.2. The molecule has 0 saturated carbocycles. The van der Waals surface area contributed by atoms with E-state index in [4.69, 9.17) is 0 Å². The zero-order chi connectivity index (χ0) is 16.9. The van der Waals surface area contributed by atoms with Crippen LogP contribution in [0.25, 0.3) is 0 Å². The fourth-order valence-electron chi connectivity index (χ4n) is 2.17. The third-order valence-corrected chi connectivity index (χ3v) is 3.46. The van der Waals surface area contributed by atoms with Crippen LogP contribution < -0.4 is 10.6 Å². The van der Waals surface area contributed by atoms with E-state index in [1.807, 2.05) is 31.2 Å². The number of hydrogen-bond donors (Lipinski definition) is 2. The molecular formula is C19H16FN3O. The summed E-state index contributed by atoms with van der Waals surface area (Å²) in [4.78, 5) is 16.3. The van der Waals surface area contributed by atoms with E-state index in [1.54, 1.807) is 24.3 Å². The van der Waals surface area contributed by atoms with Crippen LogP contribution in [0.2, 0.25) is 0 Å². The fourth-order valence-corrected chi connectivity index (χ4v) is 2.17. The number of pyridine rings is 1. The number of hydrogen-bond acceptors (Lipinski definition) is 3. The molecule has 1 amide bonds. The molecule has 5 heteroatoms. The van der Waals surface area contributed by atoms with Gasteiger partial charge in [0.1, 0.15) is 11.6 Å². The zero-order valence-corrected chi connectivity index (χ0v) is 13.1. The third-order valence-electron chi connectivity index (χ3n) is 3.46. The van der Waals surface area contributed by atoms with Crippen molar-refractivity contribution in [3.8, 4) is 0 Å². The average Bonchev–Trinajstić information content (AvgIpc) is 2.59. The Morgan fingerprint density at radius 3 is 2.33 bits per heavy atom. The highest BCUT2D eigenvalue weighted by molar-refractivity contribution is 6.04. The number of halogens is 1. The van der Waals surface area contributed by atoms with Gasteiger partial charge < -0.3 is 10.6 Å². The molecule has 2 N–H and O–H groups in total. The number of rotatable bonds is 4. The van der Waals surface area contributed by atoms with Gasteiger partial charge in [0.25, 0.3) is 5.91 Å². The molecule has 2 aromatic carbocycles. The van der Waals surface area contributed by atoms with Crippen LogP contribution in [0, 0.1) is 12.7 Å². The first-order valence-electron chi connectivity index (χ1n) is 7.47. The minimum atomic E-state index is -0.555. The van der Waals surface area contributed by atoms with Crippen molar-refractivity contribution in [3.05, 3.63) is 83.8 Å². The predicted molar refractivity (Wildman–Crippen MR) is 93.1 cm³/mol. The van der Waals surface area contributed by atoms with E-state index in [-0.39, 0.29) is 5.56 Å². The Labute approximate surface area is 139 Å². The van der Waals surface area contributed by atoms with E-state index >= 15 is 0 Å². The van der Waals surface area contributed by atoms with E-state index in [9.17, 15) is 9.18 Å². The number of nitrogens with one attached hydrogen (secondary N) is 2. The summed E-state index contributed by atoms with van der Waals surface area (Å²) in [6.07, 6.45) is 1.52. The van der Waals surface area contributed by atoms with Gasteiger partial charge in [0.05, 0.1) is 17.4 Å². The maximum atomic E-state index is 13.6. The number of aryl methyl sites for hydroxylation is 1. The summed E-state index contributed by atoms with van der Waals surface area (Å²) in [5.74, 6) is -0.405. The summed E-state index contributed by atoms with van der Waals surface area (Å²) < 4.78 is 13.6. The van der Waals surface area contributed by atoms with Crippen LogP contribution in [-0.2, 0) is 0 Å². The Kier molecular flexibility index (Phi) is 4.52. The number of nitrogens with zero attached hydrogens (tertiary/aromatic N) is 1. The van der Waals surface area contributed by atoms with Crippen molar-refractivity contribution in [1.29, 1.82) is 0 Å². The maximum absolute atomic E-state index is 13.6. The monoisotopic (exact) mass is 321 g/mol. The lowest BCUT2D eigenvalue weighted by Crippen LogP contribution is -2.13. The maximum Gasteiger partial charge on any atom is 0.258 e. The van der Waals surface area contributed by atoms with E-state index < -0.39 is 11.7 Å². The first kappa shape index (κ1) is 15.7. The lowest BCUT2D eigenvalue weighted by molar-refractivity contribution is 0.102. The Bertz CT molecular complexity index is 845. The van der Waals surface area contributed by atoms with Gasteiger partial charge in [0, 0.05) is 5.69 Å². The SMILES string of the molecule is Cc1ccc(Nc2ccc(NC(=O)c3ccccc3F)cn2)cc1. The summed E-state index contributed by atoms with van der Waals surface area (Å²) in [5.41, 5.74) is 2.60. The van der Waals surface area contributed by atoms with Gasteiger partial charge in [0.15, 0.2) is 0 Å². The van der Waals surface area contributed by atoms with Crippen molar-refractivity contribution < 1.29 is 9.18 Å². The first-order valence-corrected chi connectivity index (χ1v) is 7.47. The van der Waals surface area contributed by atoms with Crippen molar-refractivity contribution in [2.24, 2.45) is 0 Å². The van der Waals surface area contributed by atoms with Crippen LogP contribution >= 0.6 is 0 Å². The number of benzene rings is 2. The molecule has 120 valence electrons. The van der Waals surface area contributed by atoms with Gasteiger partial charge in [-0.2, -0.15) is 0 Å². The molecule has 3 aromatic rings. The topological polar surface area (TPSA) is 54.0 Å². The highest BCUT2D eigenvalue weighted by Crippen LogP contribution is 2.17. The van der Waals surface area contributed by atoms with Gasteiger partial charge >= 0.3 is 0 Å². The minimum absolute atomic E-state index is 0.000595. The first-order chi connectivity index (χ1) is 11.6. The van der Waals surface area contributed by atoms with Crippen LogP contribution in [0.15, 0.2) is 66.9 Å². The molecule has 0 aliphatic rings.